The summed E-state index contributed by atoms with van der Waals surface area (Å²) in [5, 5.41) is 17.0. The zero-order valence-electron chi connectivity index (χ0n) is 17.9. The molecule has 168 valence electrons. The van der Waals surface area contributed by atoms with Crippen molar-refractivity contribution in [2.45, 2.75) is 33.4 Å². The summed E-state index contributed by atoms with van der Waals surface area (Å²) in [6.07, 6.45) is -0.0565. The zero-order chi connectivity index (χ0) is 22.4. The standard InChI is InChI=1S/C22H29ClN4O4/c1-15-19(16(2)31-25-15)14-27-9-7-26(8-10-27)13-18(22(29)30)11-21(28)24-12-17-5-3-4-6-20(17)23/h3-6,18H,7-14H2,1-2H3,(H,24,28)(H,29,30). The highest BCUT2D eigenvalue weighted by molar-refractivity contribution is 6.31. The number of hydrogen-bond acceptors (Lipinski definition) is 6. The molecular weight excluding hydrogens is 420 g/mol. The number of halogens is 1. The molecule has 0 spiro atoms. The summed E-state index contributed by atoms with van der Waals surface area (Å²) in [6, 6.07) is 7.26. The van der Waals surface area contributed by atoms with E-state index in [1.165, 1.54) is 0 Å². The number of carboxylic acids is 1. The summed E-state index contributed by atoms with van der Waals surface area (Å²) in [6.45, 7) is 8.45. The number of rotatable bonds is 9. The maximum absolute atomic E-state index is 12.3. The number of hydrogen-bond donors (Lipinski definition) is 2. The van der Waals surface area contributed by atoms with Gasteiger partial charge in [0.05, 0.1) is 11.6 Å². The molecule has 1 aliphatic heterocycles. The van der Waals surface area contributed by atoms with Crippen LogP contribution in [0.5, 0.6) is 0 Å². The number of aromatic nitrogens is 1. The summed E-state index contributed by atoms with van der Waals surface area (Å²) < 4.78 is 5.23. The average Bonchev–Trinajstić information content (AvgIpc) is 3.06. The van der Waals surface area contributed by atoms with E-state index >= 15 is 0 Å². The predicted octanol–water partition coefficient (Wildman–Crippen LogP) is 2.47. The van der Waals surface area contributed by atoms with E-state index in [1.807, 2.05) is 32.0 Å². The lowest BCUT2D eigenvalue weighted by Crippen LogP contribution is -2.48. The molecule has 1 unspecified atom stereocenters. The molecule has 1 fully saturated rings. The van der Waals surface area contributed by atoms with Crippen molar-refractivity contribution in [2.75, 3.05) is 32.7 Å². The third-order valence-electron chi connectivity index (χ3n) is 5.72. The van der Waals surface area contributed by atoms with Crippen LogP contribution in [0.3, 0.4) is 0 Å². The molecule has 9 heteroatoms. The number of aliphatic carboxylic acids is 1. The smallest absolute Gasteiger partial charge is 0.308 e. The first-order valence-electron chi connectivity index (χ1n) is 10.4. The van der Waals surface area contributed by atoms with E-state index < -0.39 is 11.9 Å². The van der Waals surface area contributed by atoms with Crippen molar-refractivity contribution in [3.63, 3.8) is 0 Å². The molecule has 1 aliphatic rings. The Morgan fingerprint density at radius 3 is 2.48 bits per heavy atom. The van der Waals surface area contributed by atoms with Gasteiger partial charge in [0.15, 0.2) is 0 Å². The van der Waals surface area contributed by atoms with Crippen LogP contribution in [0.1, 0.15) is 29.0 Å². The van der Waals surface area contributed by atoms with Crippen molar-refractivity contribution in [1.29, 1.82) is 0 Å². The van der Waals surface area contributed by atoms with Gasteiger partial charge < -0.3 is 14.9 Å². The Bertz CT molecular complexity index is 889. The molecule has 3 rings (SSSR count). The minimum absolute atomic E-state index is 0.0565. The molecule has 0 saturated carbocycles. The summed E-state index contributed by atoms with van der Waals surface area (Å²) in [5.74, 6) is -1.15. The second kappa shape index (κ2) is 10.7. The molecule has 1 aromatic heterocycles. The topological polar surface area (TPSA) is 98.9 Å². The third kappa shape index (κ3) is 6.53. The summed E-state index contributed by atoms with van der Waals surface area (Å²) in [4.78, 5) is 28.5. The van der Waals surface area contributed by atoms with Crippen LogP contribution in [0, 0.1) is 19.8 Å². The van der Waals surface area contributed by atoms with E-state index in [2.05, 4.69) is 20.3 Å². The quantitative estimate of drug-likeness (QED) is 0.607. The molecule has 0 aliphatic carbocycles. The maximum Gasteiger partial charge on any atom is 0.308 e. The molecule has 0 radical (unpaired) electrons. The predicted molar refractivity (Wildman–Crippen MR) is 117 cm³/mol. The molecule has 2 aromatic rings. The average molecular weight is 449 g/mol. The van der Waals surface area contributed by atoms with Crippen LogP contribution in [-0.4, -0.2) is 64.7 Å². The summed E-state index contributed by atoms with van der Waals surface area (Å²) in [5.41, 5.74) is 2.83. The minimum atomic E-state index is -0.953. The number of nitrogens with one attached hydrogen (secondary N) is 1. The van der Waals surface area contributed by atoms with Crippen molar-refractivity contribution < 1.29 is 19.2 Å². The number of carboxylic acid groups (broad SMARTS) is 1. The number of nitrogens with zero attached hydrogens (tertiary/aromatic N) is 3. The van der Waals surface area contributed by atoms with E-state index in [1.54, 1.807) is 6.07 Å². The van der Waals surface area contributed by atoms with Gasteiger partial charge >= 0.3 is 5.97 Å². The Labute approximate surface area is 187 Å². The number of piperazine rings is 1. The Morgan fingerprint density at radius 1 is 1.19 bits per heavy atom. The highest BCUT2D eigenvalue weighted by Gasteiger charge is 2.27. The third-order valence-corrected chi connectivity index (χ3v) is 6.09. The number of amides is 1. The Kier molecular flexibility index (Phi) is 8.06. The molecule has 1 saturated heterocycles. The molecule has 1 amide bonds. The maximum atomic E-state index is 12.3. The monoisotopic (exact) mass is 448 g/mol. The largest absolute Gasteiger partial charge is 0.481 e. The highest BCUT2D eigenvalue weighted by atomic mass is 35.5. The van der Waals surface area contributed by atoms with Crippen LogP contribution in [0.2, 0.25) is 5.02 Å². The van der Waals surface area contributed by atoms with Crippen LogP contribution in [0.15, 0.2) is 28.8 Å². The molecule has 8 nitrogen and oxygen atoms in total. The Hall–Kier alpha value is -2.42. The van der Waals surface area contributed by atoms with Gasteiger partial charge in [0, 0.05) is 62.8 Å². The normalized spacial score (nSPS) is 16.2. The van der Waals surface area contributed by atoms with Crippen molar-refractivity contribution in [1.82, 2.24) is 20.3 Å². The molecule has 2 N–H and O–H groups in total. The van der Waals surface area contributed by atoms with Gasteiger partial charge in [0.1, 0.15) is 5.76 Å². The first-order valence-corrected chi connectivity index (χ1v) is 10.8. The zero-order valence-corrected chi connectivity index (χ0v) is 18.7. The van der Waals surface area contributed by atoms with E-state index in [4.69, 9.17) is 16.1 Å². The number of aryl methyl sites for hydroxylation is 2. The van der Waals surface area contributed by atoms with Crippen LogP contribution in [-0.2, 0) is 22.7 Å². The molecular formula is C22H29ClN4O4. The van der Waals surface area contributed by atoms with Gasteiger partial charge in [-0.3, -0.25) is 19.4 Å². The van der Waals surface area contributed by atoms with Crippen LogP contribution >= 0.6 is 11.6 Å². The van der Waals surface area contributed by atoms with E-state index in [-0.39, 0.29) is 18.9 Å². The minimum Gasteiger partial charge on any atom is -0.481 e. The molecule has 0 bridgehead atoms. The Morgan fingerprint density at radius 2 is 1.87 bits per heavy atom. The lowest BCUT2D eigenvalue weighted by atomic mass is 10.0. The molecule has 2 heterocycles. The van der Waals surface area contributed by atoms with E-state index in [0.29, 0.717) is 11.6 Å². The highest BCUT2D eigenvalue weighted by Crippen LogP contribution is 2.18. The van der Waals surface area contributed by atoms with Gasteiger partial charge in [-0.25, -0.2) is 0 Å². The van der Waals surface area contributed by atoms with Gasteiger partial charge in [0.2, 0.25) is 5.91 Å². The fourth-order valence-corrected chi connectivity index (χ4v) is 3.96. The fourth-order valence-electron chi connectivity index (χ4n) is 3.75. The number of carbonyl (C=O) groups excluding carboxylic acids is 1. The van der Waals surface area contributed by atoms with Crippen molar-refractivity contribution >= 4 is 23.5 Å². The fraction of sp³-hybridized carbons (Fsp3) is 0.500. The molecule has 1 aromatic carbocycles. The lowest BCUT2D eigenvalue weighted by molar-refractivity contribution is -0.145. The van der Waals surface area contributed by atoms with Crippen molar-refractivity contribution in [2.24, 2.45) is 5.92 Å². The first kappa shape index (κ1) is 23.2. The lowest BCUT2D eigenvalue weighted by Gasteiger charge is -2.35. The second-order valence-electron chi connectivity index (χ2n) is 7.99. The van der Waals surface area contributed by atoms with Gasteiger partial charge in [-0.05, 0) is 25.5 Å². The van der Waals surface area contributed by atoms with Crippen molar-refractivity contribution in [3.05, 3.63) is 51.9 Å². The van der Waals surface area contributed by atoms with Gasteiger partial charge in [0.25, 0.3) is 0 Å². The van der Waals surface area contributed by atoms with Gasteiger partial charge in [-0.15, -0.1) is 0 Å². The van der Waals surface area contributed by atoms with Gasteiger partial charge in [-0.1, -0.05) is 35.0 Å². The van der Waals surface area contributed by atoms with Crippen LogP contribution in [0.4, 0.5) is 0 Å². The first-order chi connectivity index (χ1) is 14.8. The van der Waals surface area contributed by atoms with E-state index in [0.717, 1.165) is 55.3 Å². The van der Waals surface area contributed by atoms with Gasteiger partial charge in [-0.2, -0.15) is 0 Å². The number of benzene rings is 1. The number of carbonyl (C=O) groups is 2. The Balaban J connectivity index is 1.45. The van der Waals surface area contributed by atoms with Crippen LogP contribution < -0.4 is 5.32 Å². The molecule has 31 heavy (non-hydrogen) atoms. The summed E-state index contributed by atoms with van der Waals surface area (Å²) >= 11 is 6.10. The van der Waals surface area contributed by atoms with E-state index in [9.17, 15) is 14.7 Å². The SMILES string of the molecule is Cc1noc(C)c1CN1CCN(CC(CC(=O)NCc2ccccc2Cl)C(=O)O)CC1. The molecule has 1 atom stereocenters. The van der Waals surface area contributed by atoms with Crippen LogP contribution in [0.25, 0.3) is 0 Å². The second-order valence-corrected chi connectivity index (χ2v) is 8.39. The summed E-state index contributed by atoms with van der Waals surface area (Å²) in [7, 11) is 0. The van der Waals surface area contributed by atoms with Crippen molar-refractivity contribution in [3.8, 4) is 0 Å².